The zero-order valence-electron chi connectivity index (χ0n) is 24.1. The summed E-state index contributed by atoms with van der Waals surface area (Å²) >= 11 is 0. The Kier molecular flexibility index (Phi) is 8.94. The first-order valence-corrected chi connectivity index (χ1v) is 13.2. The number of carbonyl (C=O) groups is 6. The Hall–Kier alpha value is -7.50. The number of nitrogens with two attached hydrogens (primary N) is 3. The summed E-state index contributed by atoms with van der Waals surface area (Å²) in [4.78, 5) is 79.3. The summed E-state index contributed by atoms with van der Waals surface area (Å²) in [5.41, 5.74) is 12.4. The number of anilines is 3. The zero-order chi connectivity index (χ0) is 35.6. The highest BCUT2D eigenvalue weighted by Gasteiger charge is 2.33. The number of carbonyl (C=O) groups excluding carboxylic acids is 6. The molecule has 0 aliphatic heterocycles. The number of nitrogens with zero attached hydrogens (tertiary/aromatic N) is 3. The molecule has 0 unspecified atom stereocenters. The molecule has 0 saturated heterocycles. The van der Waals surface area contributed by atoms with Crippen LogP contribution < -0.4 is 31.9 Å². The maximum Gasteiger partial charge on any atom is 0.326 e. The largest absolute Gasteiger partial charge is 0.504 e. The topological polar surface area (TPSA) is 312 Å². The third-order valence-corrected chi connectivity index (χ3v) is 6.67. The Morgan fingerprint density at radius 2 is 0.646 bits per heavy atom. The molecule has 0 fully saturated rings. The number of phenols is 6. The third kappa shape index (κ3) is 6.06. The van der Waals surface area contributed by atoms with Gasteiger partial charge in [-0.3, -0.25) is 14.4 Å². The van der Waals surface area contributed by atoms with Crippen LogP contribution in [0.1, 0.15) is 31.1 Å². The van der Waals surface area contributed by atoms with Crippen molar-refractivity contribution in [1.82, 2.24) is 0 Å². The Balaban J connectivity index is 2.04. The average Bonchev–Trinajstić information content (AvgIpc) is 3.00. The van der Waals surface area contributed by atoms with E-state index in [0.29, 0.717) is 0 Å². The molecule has 0 spiro atoms. The lowest BCUT2D eigenvalue weighted by Crippen LogP contribution is -2.44. The number of urea groups is 3. The molecule has 18 nitrogen and oxygen atoms in total. The summed E-state index contributed by atoms with van der Waals surface area (Å²) in [6, 6.07) is 7.08. The van der Waals surface area contributed by atoms with Crippen LogP contribution in [-0.2, 0) is 0 Å². The van der Waals surface area contributed by atoms with E-state index >= 15 is 0 Å². The Morgan fingerprint density at radius 1 is 0.417 bits per heavy atom. The SMILES string of the molecule is NC(=O)N(C(=O)c1cccc(O)c1O)c1cc(N(C(N)=O)C(=O)c2cccc(O)c2O)cc(N(C(N)=O)C(=O)c2cccc(O)c2O)c1. The molecule has 0 atom stereocenters. The van der Waals surface area contributed by atoms with Gasteiger partial charge in [-0.2, -0.15) is 0 Å². The monoisotopic (exact) mass is 660 g/mol. The Bertz CT molecular complexity index is 1790. The fourth-order valence-corrected chi connectivity index (χ4v) is 4.47. The molecule has 0 aromatic heterocycles. The smallest absolute Gasteiger partial charge is 0.326 e. The summed E-state index contributed by atoms with van der Waals surface area (Å²) in [6.45, 7) is 0. The van der Waals surface area contributed by atoms with Crippen molar-refractivity contribution in [3.8, 4) is 34.5 Å². The van der Waals surface area contributed by atoms with Crippen molar-refractivity contribution >= 4 is 52.9 Å². The number of amides is 9. The van der Waals surface area contributed by atoms with Crippen LogP contribution in [-0.4, -0.2) is 66.5 Å². The number of hydrogen-bond acceptors (Lipinski definition) is 12. The molecular weight excluding hydrogens is 636 g/mol. The molecule has 12 N–H and O–H groups in total. The lowest BCUT2D eigenvalue weighted by atomic mass is 10.1. The van der Waals surface area contributed by atoms with Crippen molar-refractivity contribution in [3.63, 3.8) is 0 Å². The van der Waals surface area contributed by atoms with Crippen LogP contribution in [0.4, 0.5) is 31.4 Å². The van der Waals surface area contributed by atoms with Crippen molar-refractivity contribution in [2.75, 3.05) is 14.7 Å². The van der Waals surface area contributed by atoms with Gasteiger partial charge in [0.05, 0.1) is 33.8 Å². The predicted octanol–water partition coefficient (Wildman–Crippen LogP) is 2.10. The first-order chi connectivity index (χ1) is 22.6. The summed E-state index contributed by atoms with van der Waals surface area (Å²) in [7, 11) is 0. The van der Waals surface area contributed by atoms with E-state index in [9.17, 15) is 59.4 Å². The second-order valence-electron chi connectivity index (χ2n) is 9.66. The predicted molar refractivity (Wildman–Crippen MR) is 165 cm³/mol. The summed E-state index contributed by atoms with van der Waals surface area (Å²) in [5, 5.41) is 60.7. The molecule has 9 amide bonds. The first-order valence-electron chi connectivity index (χ1n) is 13.2. The molecule has 0 aliphatic rings. The molecule has 48 heavy (non-hydrogen) atoms. The van der Waals surface area contributed by atoms with Crippen molar-refractivity contribution in [3.05, 3.63) is 89.5 Å². The van der Waals surface area contributed by atoms with E-state index < -0.39 is 104 Å². The number of imide groups is 3. The van der Waals surface area contributed by atoms with Gasteiger partial charge in [0.2, 0.25) is 0 Å². The van der Waals surface area contributed by atoms with Gasteiger partial charge in [0.1, 0.15) is 0 Å². The first kappa shape index (κ1) is 33.4. The summed E-state index contributed by atoms with van der Waals surface area (Å²) in [6.07, 6.45) is 0. The highest BCUT2D eigenvalue weighted by atomic mass is 16.3. The number of phenolic OH excluding ortho intramolecular Hbond substituents is 6. The second-order valence-corrected chi connectivity index (χ2v) is 9.66. The highest BCUT2D eigenvalue weighted by Crippen LogP contribution is 2.37. The maximum absolute atomic E-state index is 13.6. The van der Waals surface area contributed by atoms with Crippen molar-refractivity contribution in [2.45, 2.75) is 0 Å². The molecule has 0 aliphatic carbocycles. The molecule has 0 bridgehead atoms. The minimum absolute atomic E-state index is 0.159. The molecule has 0 saturated carbocycles. The van der Waals surface area contributed by atoms with Crippen LogP contribution >= 0.6 is 0 Å². The normalized spacial score (nSPS) is 10.5. The Morgan fingerprint density at radius 3 is 0.854 bits per heavy atom. The molecule has 0 heterocycles. The quantitative estimate of drug-likeness (QED) is 0.134. The molecular formula is C30H24N6O12. The van der Waals surface area contributed by atoms with Gasteiger partial charge in [0.15, 0.2) is 34.5 Å². The third-order valence-electron chi connectivity index (χ3n) is 6.67. The average molecular weight is 661 g/mol. The van der Waals surface area contributed by atoms with Crippen molar-refractivity contribution in [2.24, 2.45) is 17.2 Å². The van der Waals surface area contributed by atoms with Crippen LogP contribution in [0.3, 0.4) is 0 Å². The number of primary amides is 3. The molecule has 4 aromatic rings. The molecule has 4 aromatic carbocycles. The molecule has 246 valence electrons. The number of aromatic hydroxyl groups is 6. The van der Waals surface area contributed by atoms with E-state index in [-0.39, 0.29) is 14.7 Å². The fraction of sp³-hybridized carbons (Fsp3) is 0. The lowest BCUT2D eigenvalue weighted by molar-refractivity contribution is 0.0983. The standard InChI is InChI=1S/C30H24N6O12/c31-28(46)34(25(43)16-4-1-7-19(37)22(16)40)13-10-14(35(29(32)47)26(44)17-5-2-8-20(38)23(17)41)12-15(11-13)36(30(33)48)27(45)18-6-3-9-21(39)24(18)42/h1-12,37-42H,(H2,31,46)(H2,32,47)(H2,33,48). The van der Waals surface area contributed by atoms with Gasteiger partial charge in [0, 0.05) is 0 Å². The van der Waals surface area contributed by atoms with E-state index in [1.54, 1.807) is 0 Å². The van der Waals surface area contributed by atoms with Crippen LogP contribution in [0.25, 0.3) is 0 Å². The van der Waals surface area contributed by atoms with E-state index in [2.05, 4.69) is 0 Å². The van der Waals surface area contributed by atoms with E-state index in [4.69, 9.17) is 17.2 Å². The van der Waals surface area contributed by atoms with Gasteiger partial charge in [0.25, 0.3) is 17.7 Å². The zero-order valence-corrected chi connectivity index (χ0v) is 24.1. The van der Waals surface area contributed by atoms with Crippen LogP contribution in [0.15, 0.2) is 72.8 Å². The minimum Gasteiger partial charge on any atom is -0.504 e. The molecule has 18 heteroatoms. The molecule has 4 rings (SSSR count). The minimum atomic E-state index is -1.56. The van der Waals surface area contributed by atoms with Crippen LogP contribution in [0, 0.1) is 0 Å². The lowest BCUT2D eigenvalue weighted by Gasteiger charge is -2.27. The van der Waals surface area contributed by atoms with Gasteiger partial charge in [-0.05, 0) is 54.6 Å². The summed E-state index contributed by atoms with van der Waals surface area (Å²) < 4.78 is 0. The van der Waals surface area contributed by atoms with Crippen LogP contribution in [0.2, 0.25) is 0 Å². The number of hydrogen-bond donors (Lipinski definition) is 9. The molecule has 0 radical (unpaired) electrons. The van der Waals surface area contributed by atoms with Gasteiger partial charge >= 0.3 is 18.1 Å². The van der Waals surface area contributed by atoms with E-state index in [1.807, 2.05) is 0 Å². The van der Waals surface area contributed by atoms with E-state index in [1.165, 1.54) is 0 Å². The highest BCUT2D eigenvalue weighted by molar-refractivity contribution is 6.26. The van der Waals surface area contributed by atoms with Crippen LogP contribution in [0.5, 0.6) is 34.5 Å². The Labute approximate surface area is 268 Å². The van der Waals surface area contributed by atoms with Crippen molar-refractivity contribution in [1.29, 1.82) is 0 Å². The van der Waals surface area contributed by atoms with Crippen molar-refractivity contribution < 1.29 is 59.4 Å². The summed E-state index contributed by atoms with van der Waals surface area (Å²) in [5.74, 6) is -9.45. The maximum atomic E-state index is 13.6. The van der Waals surface area contributed by atoms with Gasteiger partial charge < -0.3 is 47.8 Å². The fourth-order valence-electron chi connectivity index (χ4n) is 4.47. The van der Waals surface area contributed by atoms with Gasteiger partial charge in [-0.25, -0.2) is 29.1 Å². The second kappa shape index (κ2) is 12.9. The van der Waals surface area contributed by atoms with Gasteiger partial charge in [-0.1, -0.05) is 18.2 Å². The van der Waals surface area contributed by atoms with Gasteiger partial charge in [-0.15, -0.1) is 0 Å². The number of rotatable bonds is 6. The van der Waals surface area contributed by atoms with E-state index in [0.717, 1.165) is 72.8 Å². The number of para-hydroxylation sites is 3. The number of benzene rings is 4.